The maximum Gasteiger partial charge on any atom is 0.200 e. The van der Waals surface area contributed by atoms with Crippen molar-refractivity contribution in [1.82, 2.24) is 0 Å². The average molecular weight is 389 g/mol. The third-order valence-corrected chi connectivity index (χ3v) is 6.67. The molecule has 0 radical (unpaired) electrons. The summed E-state index contributed by atoms with van der Waals surface area (Å²) in [6.45, 7) is 16.0. The first-order chi connectivity index (χ1) is 13.2. The highest BCUT2D eigenvalue weighted by Crippen LogP contribution is 2.41. The van der Waals surface area contributed by atoms with E-state index in [1.54, 1.807) is 0 Å². The van der Waals surface area contributed by atoms with Gasteiger partial charge < -0.3 is 9.47 Å². The molecule has 2 heteroatoms. The molecule has 0 bridgehead atoms. The van der Waals surface area contributed by atoms with Crippen molar-refractivity contribution >= 4 is 0 Å². The van der Waals surface area contributed by atoms with Crippen molar-refractivity contribution in [3.8, 4) is 5.75 Å². The minimum Gasteiger partial charge on any atom is -0.465 e. The molecule has 0 aliphatic heterocycles. The van der Waals surface area contributed by atoms with Crippen LogP contribution in [0.1, 0.15) is 105 Å². The van der Waals surface area contributed by atoms with Crippen molar-refractivity contribution in [3.63, 3.8) is 0 Å². The second-order valence-electron chi connectivity index (χ2n) is 10.1. The molecule has 0 heterocycles. The molecule has 28 heavy (non-hydrogen) atoms. The van der Waals surface area contributed by atoms with E-state index < -0.39 is 0 Å². The topological polar surface area (TPSA) is 18.5 Å². The van der Waals surface area contributed by atoms with Gasteiger partial charge >= 0.3 is 0 Å². The molecule has 2 nitrogen and oxygen atoms in total. The molecule has 1 aliphatic carbocycles. The molecule has 0 aromatic heterocycles. The van der Waals surface area contributed by atoms with Gasteiger partial charge in [-0.15, -0.1) is 0 Å². The first kappa shape index (κ1) is 23.3. The molecule has 1 aliphatic rings. The highest BCUT2D eigenvalue weighted by molar-refractivity contribution is 5.29. The molecule has 160 valence electrons. The van der Waals surface area contributed by atoms with Crippen LogP contribution in [0.15, 0.2) is 24.3 Å². The molecule has 1 aromatic rings. The van der Waals surface area contributed by atoms with E-state index in [2.05, 4.69) is 72.7 Å². The monoisotopic (exact) mass is 388 g/mol. The van der Waals surface area contributed by atoms with E-state index in [-0.39, 0.29) is 12.4 Å². The first-order valence-electron chi connectivity index (χ1n) is 11.7. The lowest BCUT2D eigenvalue weighted by atomic mass is 9.73. The van der Waals surface area contributed by atoms with Crippen molar-refractivity contribution in [2.24, 2.45) is 17.3 Å². The van der Waals surface area contributed by atoms with E-state index in [0.717, 1.165) is 18.6 Å². The Morgan fingerprint density at radius 2 is 1.46 bits per heavy atom. The Balaban J connectivity index is 2.14. The number of rotatable bonds is 10. The van der Waals surface area contributed by atoms with Crippen molar-refractivity contribution in [2.45, 2.75) is 112 Å². The molecule has 1 aromatic carbocycles. The molecular weight excluding hydrogens is 344 g/mol. The smallest absolute Gasteiger partial charge is 0.200 e. The SMILES string of the molecule is CCC(C)c1ccc(OC(CC2(C)CCCCC2)OC(C(C)C)C(C)C)cc1. The Morgan fingerprint density at radius 1 is 0.893 bits per heavy atom. The van der Waals surface area contributed by atoms with Gasteiger partial charge in [0.25, 0.3) is 0 Å². The quantitative estimate of drug-likeness (QED) is 0.378. The summed E-state index contributed by atoms with van der Waals surface area (Å²) in [7, 11) is 0. The van der Waals surface area contributed by atoms with Gasteiger partial charge in [0.2, 0.25) is 6.29 Å². The van der Waals surface area contributed by atoms with Crippen molar-refractivity contribution < 1.29 is 9.47 Å². The summed E-state index contributed by atoms with van der Waals surface area (Å²) in [6.07, 6.45) is 8.82. The van der Waals surface area contributed by atoms with Crippen molar-refractivity contribution in [2.75, 3.05) is 0 Å². The second-order valence-corrected chi connectivity index (χ2v) is 10.1. The maximum atomic E-state index is 6.62. The Hall–Kier alpha value is -1.02. The van der Waals surface area contributed by atoms with Gasteiger partial charge in [0.05, 0.1) is 6.10 Å². The van der Waals surface area contributed by atoms with Crippen LogP contribution in [0.2, 0.25) is 0 Å². The van der Waals surface area contributed by atoms with Gasteiger partial charge in [-0.2, -0.15) is 0 Å². The zero-order valence-corrected chi connectivity index (χ0v) is 19.5. The highest BCUT2D eigenvalue weighted by Gasteiger charge is 2.33. The van der Waals surface area contributed by atoms with Gasteiger partial charge in [-0.1, -0.05) is 79.9 Å². The van der Waals surface area contributed by atoms with Crippen molar-refractivity contribution in [1.29, 1.82) is 0 Å². The largest absolute Gasteiger partial charge is 0.465 e. The molecule has 0 spiro atoms. The lowest BCUT2D eigenvalue weighted by Gasteiger charge is -2.38. The number of hydrogen-bond donors (Lipinski definition) is 0. The minimum absolute atomic E-state index is 0.174. The lowest BCUT2D eigenvalue weighted by Crippen LogP contribution is -2.37. The second kappa shape index (κ2) is 10.7. The van der Waals surface area contributed by atoms with Crippen LogP contribution in [-0.2, 0) is 4.74 Å². The molecule has 0 amide bonds. The molecule has 1 saturated carbocycles. The number of benzene rings is 1. The third kappa shape index (κ3) is 6.79. The van der Waals surface area contributed by atoms with E-state index in [1.165, 1.54) is 37.7 Å². The average Bonchev–Trinajstić information content (AvgIpc) is 2.65. The summed E-state index contributed by atoms with van der Waals surface area (Å²) in [5.74, 6) is 2.49. The van der Waals surface area contributed by atoms with Crippen LogP contribution in [0.25, 0.3) is 0 Å². The molecule has 1 fully saturated rings. The number of hydrogen-bond acceptors (Lipinski definition) is 2. The maximum absolute atomic E-state index is 6.62. The van der Waals surface area contributed by atoms with Crippen LogP contribution in [-0.4, -0.2) is 12.4 Å². The molecular formula is C26H44O2. The number of ether oxygens (including phenoxy) is 2. The normalized spacial score (nSPS) is 19.2. The summed E-state index contributed by atoms with van der Waals surface area (Å²) in [5, 5.41) is 0. The molecule has 0 saturated heterocycles. The van der Waals surface area contributed by atoms with Crippen LogP contribution in [0.5, 0.6) is 5.75 Å². The standard InChI is InChI=1S/C26H44O2/c1-8-21(6)22-12-14-23(15-13-22)27-24(28-25(19(2)3)20(4)5)18-26(7)16-10-9-11-17-26/h12-15,19-21,24-25H,8-11,16-18H2,1-7H3. The fourth-order valence-corrected chi connectivity index (χ4v) is 4.65. The van der Waals surface area contributed by atoms with Gasteiger partial charge in [-0.25, -0.2) is 0 Å². The Morgan fingerprint density at radius 3 is 1.96 bits per heavy atom. The third-order valence-electron chi connectivity index (χ3n) is 6.67. The van der Waals surface area contributed by atoms with Gasteiger partial charge in [0, 0.05) is 6.42 Å². The van der Waals surface area contributed by atoms with Crippen LogP contribution in [0.3, 0.4) is 0 Å². The minimum atomic E-state index is -0.174. The van der Waals surface area contributed by atoms with Crippen LogP contribution >= 0.6 is 0 Å². The molecule has 2 atom stereocenters. The van der Waals surface area contributed by atoms with Gasteiger partial charge in [-0.05, 0) is 60.1 Å². The highest BCUT2D eigenvalue weighted by atomic mass is 16.7. The summed E-state index contributed by atoms with van der Waals surface area (Å²) < 4.78 is 13.1. The van der Waals surface area contributed by atoms with Crippen LogP contribution < -0.4 is 4.74 Å². The lowest BCUT2D eigenvalue weighted by molar-refractivity contribution is -0.163. The van der Waals surface area contributed by atoms with Crippen LogP contribution in [0.4, 0.5) is 0 Å². The predicted octanol–water partition coefficient (Wildman–Crippen LogP) is 7.96. The summed E-state index contributed by atoms with van der Waals surface area (Å²) in [6, 6.07) is 8.68. The molecule has 2 unspecified atom stereocenters. The van der Waals surface area contributed by atoms with E-state index in [0.29, 0.717) is 23.2 Å². The summed E-state index contributed by atoms with van der Waals surface area (Å²) in [5.41, 5.74) is 1.71. The van der Waals surface area contributed by atoms with E-state index in [1.807, 2.05) is 0 Å². The Kier molecular flexibility index (Phi) is 8.86. The Bertz CT molecular complexity index is 546. The van der Waals surface area contributed by atoms with Gasteiger partial charge in [0.15, 0.2) is 0 Å². The molecule has 0 N–H and O–H groups in total. The van der Waals surface area contributed by atoms with E-state index in [4.69, 9.17) is 9.47 Å². The van der Waals surface area contributed by atoms with Crippen LogP contribution in [0, 0.1) is 17.3 Å². The van der Waals surface area contributed by atoms with Gasteiger partial charge in [-0.3, -0.25) is 0 Å². The van der Waals surface area contributed by atoms with E-state index in [9.17, 15) is 0 Å². The zero-order chi connectivity index (χ0) is 20.7. The Labute approximate surface area is 174 Å². The fourth-order valence-electron chi connectivity index (χ4n) is 4.65. The first-order valence-corrected chi connectivity index (χ1v) is 11.7. The predicted molar refractivity (Wildman–Crippen MR) is 120 cm³/mol. The summed E-state index contributed by atoms with van der Waals surface area (Å²) >= 11 is 0. The van der Waals surface area contributed by atoms with Gasteiger partial charge in [0.1, 0.15) is 5.75 Å². The fraction of sp³-hybridized carbons (Fsp3) is 0.769. The van der Waals surface area contributed by atoms with Crippen molar-refractivity contribution in [3.05, 3.63) is 29.8 Å². The van der Waals surface area contributed by atoms with E-state index >= 15 is 0 Å². The molecule has 2 rings (SSSR count). The zero-order valence-electron chi connectivity index (χ0n) is 19.5. The summed E-state index contributed by atoms with van der Waals surface area (Å²) in [4.78, 5) is 0.